The van der Waals surface area contributed by atoms with Crippen molar-refractivity contribution in [2.24, 2.45) is 0 Å². The van der Waals surface area contributed by atoms with Gasteiger partial charge in [0, 0.05) is 23.4 Å². The highest BCUT2D eigenvalue weighted by Crippen LogP contribution is 2.34. The minimum atomic E-state index is -0.527. The summed E-state index contributed by atoms with van der Waals surface area (Å²) in [5.41, 5.74) is 1.01. The number of Topliss-reactive ketones (excluding diaryl/α,β-unsaturated/α-hetero) is 1. The summed E-state index contributed by atoms with van der Waals surface area (Å²) in [6.45, 7) is 3.73. The van der Waals surface area contributed by atoms with Gasteiger partial charge in [0.15, 0.2) is 17.3 Å². The van der Waals surface area contributed by atoms with Crippen LogP contribution >= 0.6 is 0 Å². The van der Waals surface area contributed by atoms with Crippen LogP contribution < -0.4 is 14.8 Å². The van der Waals surface area contributed by atoms with Gasteiger partial charge in [-0.1, -0.05) is 0 Å². The average Bonchev–Trinajstić information content (AvgIpc) is 2.56. The van der Waals surface area contributed by atoms with Gasteiger partial charge in [-0.05, 0) is 38.1 Å². The van der Waals surface area contributed by atoms with E-state index in [4.69, 9.17) is 9.47 Å². The molecule has 7 heteroatoms. The molecule has 0 atom stereocenters. The fraction of sp³-hybridized carbons (Fsp3) is 0.235. The Hall–Kier alpha value is -3.09. The van der Waals surface area contributed by atoms with Gasteiger partial charge in [-0.3, -0.25) is 14.9 Å². The van der Waals surface area contributed by atoms with Gasteiger partial charge in [-0.2, -0.15) is 0 Å². The molecule has 0 aliphatic carbocycles. The molecule has 0 spiro atoms. The Morgan fingerprint density at radius 3 is 2.54 bits per heavy atom. The van der Waals surface area contributed by atoms with Gasteiger partial charge >= 0.3 is 0 Å². The maximum Gasteiger partial charge on any atom is 0.293 e. The molecule has 0 saturated heterocycles. The van der Waals surface area contributed by atoms with Crippen molar-refractivity contribution in [3.8, 4) is 11.5 Å². The van der Waals surface area contributed by atoms with Crippen LogP contribution in [0.15, 0.2) is 36.4 Å². The van der Waals surface area contributed by atoms with Crippen LogP contribution in [0.4, 0.5) is 17.1 Å². The fourth-order valence-corrected chi connectivity index (χ4v) is 2.18. The second kappa shape index (κ2) is 7.45. The number of carbonyl (C=O) groups excluding carboxylic acids is 1. The van der Waals surface area contributed by atoms with Crippen LogP contribution in [0.25, 0.3) is 0 Å². The average molecular weight is 330 g/mol. The van der Waals surface area contributed by atoms with E-state index in [1.165, 1.54) is 26.2 Å². The number of anilines is 2. The van der Waals surface area contributed by atoms with Gasteiger partial charge in [0.1, 0.15) is 5.69 Å². The number of rotatable bonds is 7. The van der Waals surface area contributed by atoms with Crippen LogP contribution in [0, 0.1) is 10.1 Å². The van der Waals surface area contributed by atoms with Crippen molar-refractivity contribution in [2.75, 3.05) is 19.0 Å². The van der Waals surface area contributed by atoms with Crippen LogP contribution in [-0.4, -0.2) is 24.4 Å². The minimum Gasteiger partial charge on any atom is -0.493 e. The first kappa shape index (κ1) is 17.3. The van der Waals surface area contributed by atoms with Gasteiger partial charge in [-0.15, -0.1) is 0 Å². The molecule has 0 aromatic heterocycles. The molecule has 2 aromatic carbocycles. The summed E-state index contributed by atoms with van der Waals surface area (Å²) in [6.07, 6.45) is 0. The standard InChI is InChI=1S/C17H18N2O5/c1-4-24-16-8-6-13(10-17(16)23-3)18-14-7-5-12(11(2)20)9-15(14)19(21)22/h5-10,18H,4H2,1-3H3. The summed E-state index contributed by atoms with van der Waals surface area (Å²) >= 11 is 0. The largest absolute Gasteiger partial charge is 0.493 e. The molecule has 0 radical (unpaired) electrons. The van der Waals surface area contributed by atoms with E-state index in [0.717, 1.165) is 0 Å². The molecule has 126 valence electrons. The maximum atomic E-state index is 11.4. The topological polar surface area (TPSA) is 90.7 Å². The zero-order valence-corrected chi connectivity index (χ0v) is 13.7. The molecule has 7 nitrogen and oxygen atoms in total. The second-order valence-electron chi connectivity index (χ2n) is 4.97. The zero-order chi connectivity index (χ0) is 17.7. The van der Waals surface area contributed by atoms with E-state index in [-0.39, 0.29) is 22.7 Å². The molecule has 0 unspecified atom stereocenters. The third-order valence-corrected chi connectivity index (χ3v) is 3.34. The number of nitrogens with zero attached hydrogens (tertiary/aromatic N) is 1. The van der Waals surface area contributed by atoms with E-state index < -0.39 is 4.92 Å². The summed E-state index contributed by atoms with van der Waals surface area (Å²) in [5, 5.41) is 14.2. The third-order valence-electron chi connectivity index (χ3n) is 3.34. The second-order valence-corrected chi connectivity index (χ2v) is 4.97. The molecule has 2 aromatic rings. The Balaban J connectivity index is 2.37. The lowest BCUT2D eigenvalue weighted by Gasteiger charge is -2.12. The molecule has 24 heavy (non-hydrogen) atoms. The van der Waals surface area contributed by atoms with Gasteiger partial charge in [0.05, 0.1) is 18.6 Å². The molecular formula is C17H18N2O5. The van der Waals surface area contributed by atoms with Crippen molar-refractivity contribution < 1.29 is 19.2 Å². The van der Waals surface area contributed by atoms with Crippen molar-refractivity contribution in [2.45, 2.75) is 13.8 Å². The molecular weight excluding hydrogens is 312 g/mol. The van der Waals surface area contributed by atoms with Crippen LogP contribution in [0.1, 0.15) is 24.2 Å². The summed E-state index contributed by atoms with van der Waals surface area (Å²) in [6, 6.07) is 9.46. The monoisotopic (exact) mass is 330 g/mol. The minimum absolute atomic E-state index is 0.171. The van der Waals surface area contributed by atoms with Crippen LogP contribution in [0.2, 0.25) is 0 Å². The lowest BCUT2D eigenvalue weighted by molar-refractivity contribution is -0.383. The summed E-state index contributed by atoms with van der Waals surface area (Å²) in [5.74, 6) is 0.879. The van der Waals surface area contributed by atoms with Gasteiger partial charge in [0.25, 0.3) is 5.69 Å². The maximum absolute atomic E-state index is 11.4. The highest BCUT2D eigenvalue weighted by Gasteiger charge is 2.17. The number of methoxy groups -OCH3 is 1. The van der Waals surface area contributed by atoms with Crippen molar-refractivity contribution >= 4 is 22.8 Å². The number of nitro groups is 1. The van der Waals surface area contributed by atoms with Crippen LogP contribution in [0.5, 0.6) is 11.5 Å². The lowest BCUT2D eigenvalue weighted by atomic mass is 10.1. The van der Waals surface area contributed by atoms with Gasteiger partial charge in [0.2, 0.25) is 0 Å². The number of nitro benzene ring substituents is 1. The van der Waals surface area contributed by atoms with E-state index in [9.17, 15) is 14.9 Å². The number of carbonyl (C=O) groups is 1. The summed E-state index contributed by atoms with van der Waals surface area (Å²) in [7, 11) is 1.52. The molecule has 0 fully saturated rings. The Morgan fingerprint density at radius 1 is 1.21 bits per heavy atom. The number of nitrogens with one attached hydrogen (secondary N) is 1. The highest BCUT2D eigenvalue weighted by molar-refractivity contribution is 5.95. The van der Waals surface area contributed by atoms with Gasteiger partial charge < -0.3 is 14.8 Å². The van der Waals surface area contributed by atoms with Crippen molar-refractivity contribution in [1.82, 2.24) is 0 Å². The predicted molar refractivity (Wildman–Crippen MR) is 90.5 cm³/mol. The molecule has 2 rings (SSSR count). The highest BCUT2D eigenvalue weighted by atomic mass is 16.6. The summed E-state index contributed by atoms with van der Waals surface area (Å²) < 4.78 is 10.7. The third kappa shape index (κ3) is 3.81. The number of hydrogen-bond acceptors (Lipinski definition) is 6. The molecule has 1 N–H and O–H groups in total. The molecule has 0 amide bonds. The molecule has 0 saturated carbocycles. The Morgan fingerprint density at radius 2 is 1.96 bits per heavy atom. The normalized spacial score (nSPS) is 10.1. The van der Waals surface area contributed by atoms with Crippen molar-refractivity contribution in [3.63, 3.8) is 0 Å². The fourth-order valence-electron chi connectivity index (χ4n) is 2.18. The number of benzene rings is 2. The summed E-state index contributed by atoms with van der Waals surface area (Å²) in [4.78, 5) is 22.1. The van der Waals surface area contributed by atoms with Gasteiger partial charge in [-0.25, -0.2) is 0 Å². The van der Waals surface area contributed by atoms with Crippen molar-refractivity contribution in [1.29, 1.82) is 0 Å². The van der Waals surface area contributed by atoms with E-state index in [1.54, 1.807) is 24.3 Å². The van der Waals surface area contributed by atoms with E-state index in [1.807, 2.05) is 6.92 Å². The van der Waals surface area contributed by atoms with E-state index in [2.05, 4.69) is 5.32 Å². The number of ketones is 1. The first-order valence-corrected chi connectivity index (χ1v) is 7.33. The predicted octanol–water partition coefficient (Wildman–Crippen LogP) is 3.95. The smallest absolute Gasteiger partial charge is 0.293 e. The molecule has 0 aliphatic heterocycles. The van der Waals surface area contributed by atoms with Crippen LogP contribution in [0.3, 0.4) is 0 Å². The SMILES string of the molecule is CCOc1ccc(Nc2ccc(C(C)=O)cc2[N+](=O)[O-])cc1OC. The number of hydrogen-bond donors (Lipinski definition) is 1. The van der Waals surface area contributed by atoms with Crippen LogP contribution in [-0.2, 0) is 0 Å². The molecule has 0 heterocycles. The lowest BCUT2D eigenvalue weighted by Crippen LogP contribution is -2.01. The number of ether oxygens (including phenoxy) is 2. The first-order valence-electron chi connectivity index (χ1n) is 7.33. The quantitative estimate of drug-likeness (QED) is 0.469. The Bertz CT molecular complexity index is 774. The Labute approximate surface area is 139 Å². The molecule has 0 aliphatic rings. The van der Waals surface area contributed by atoms with E-state index in [0.29, 0.717) is 23.8 Å². The molecule has 0 bridgehead atoms. The van der Waals surface area contributed by atoms with Crippen molar-refractivity contribution in [3.05, 3.63) is 52.1 Å². The Kier molecular flexibility index (Phi) is 5.36. The zero-order valence-electron chi connectivity index (χ0n) is 13.7. The van der Waals surface area contributed by atoms with E-state index >= 15 is 0 Å². The first-order chi connectivity index (χ1) is 11.5.